The van der Waals surface area contributed by atoms with Gasteiger partial charge in [-0.1, -0.05) is 12.1 Å². The zero-order valence-electron chi connectivity index (χ0n) is 14.4. The second-order valence-electron chi connectivity index (χ2n) is 5.86. The van der Waals surface area contributed by atoms with Gasteiger partial charge in [-0.15, -0.1) is 0 Å². The van der Waals surface area contributed by atoms with E-state index in [4.69, 9.17) is 0 Å². The Morgan fingerprint density at radius 3 is 2.59 bits per heavy atom. The number of rotatable bonds is 4. The molecule has 0 saturated heterocycles. The van der Waals surface area contributed by atoms with Crippen molar-refractivity contribution < 1.29 is 18.0 Å². The Hall–Kier alpha value is -3.16. The van der Waals surface area contributed by atoms with E-state index < -0.39 is 23.1 Å². The Morgan fingerprint density at radius 1 is 1.19 bits per heavy atom. The van der Waals surface area contributed by atoms with Crippen LogP contribution in [-0.2, 0) is 19.3 Å². The highest BCUT2D eigenvalue weighted by Gasteiger charge is 2.34. The molecular formula is C19H16F3N3O2. The number of aryl methyl sites for hydroxylation is 1. The number of alkyl halides is 3. The van der Waals surface area contributed by atoms with E-state index in [0.717, 1.165) is 6.07 Å². The van der Waals surface area contributed by atoms with E-state index in [-0.39, 0.29) is 29.6 Å². The van der Waals surface area contributed by atoms with Crippen molar-refractivity contribution in [2.24, 2.45) is 0 Å². The number of amides is 1. The molecule has 0 aliphatic heterocycles. The maximum Gasteiger partial charge on any atom is 0.418 e. The van der Waals surface area contributed by atoms with Gasteiger partial charge >= 0.3 is 6.18 Å². The summed E-state index contributed by atoms with van der Waals surface area (Å²) in [5.41, 5.74) is -1.47. The third kappa shape index (κ3) is 3.69. The standard InChI is InChI=1S/C19H16F3N3O2/c1-2-25-11-14(18(27)24-10-12-6-3-4-9-23-12)17(26)13-7-5-8-15(16(13)25)19(20,21)22/h3-9,11H,2,10H2,1H3,(H,24,27). The van der Waals surface area contributed by atoms with Crippen LogP contribution >= 0.6 is 0 Å². The Labute approximate surface area is 152 Å². The van der Waals surface area contributed by atoms with Gasteiger partial charge in [0.25, 0.3) is 5.91 Å². The van der Waals surface area contributed by atoms with Gasteiger partial charge in [0.1, 0.15) is 5.56 Å². The molecule has 140 valence electrons. The third-order valence-electron chi connectivity index (χ3n) is 4.14. The van der Waals surface area contributed by atoms with Crippen LogP contribution in [0.15, 0.2) is 53.6 Å². The summed E-state index contributed by atoms with van der Waals surface area (Å²) in [6, 6.07) is 8.59. The predicted octanol–water partition coefficient (Wildman–Crippen LogP) is 3.37. The lowest BCUT2D eigenvalue weighted by Crippen LogP contribution is -2.30. The normalized spacial score (nSPS) is 11.6. The van der Waals surface area contributed by atoms with Crippen LogP contribution in [0.2, 0.25) is 0 Å². The number of hydrogen-bond donors (Lipinski definition) is 1. The average molecular weight is 375 g/mol. The molecule has 3 aromatic rings. The molecule has 3 rings (SSSR count). The van der Waals surface area contributed by atoms with E-state index >= 15 is 0 Å². The number of aromatic nitrogens is 2. The molecule has 0 aliphatic carbocycles. The van der Waals surface area contributed by atoms with Gasteiger partial charge in [-0.2, -0.15) is 13.2 Å². The van der Waals surface area contributed by atoms with Gasteiger partial charge in [-0.3, -0.25) is 14.6 Å². The van der Waals surface area contributed by atoms with Crippen LogP contribution in [0.3, 0.4) is 0 Å². The smallest absolute Gasteiger partial charge is 0.346 e. The van der Waals surface area contributed by atoms with E-state index in [0.29, 0.717) is 5.69 Å². The van der Waals surface area contributed by atoms with Gasteiger partial charge in [-0.25, -0.2) is 0 Å². The quantitative estimate of drug-likeness (QED) is 0.761. The van der Waals surface area contributed by atoms with Crippen LogP contribution in [-0.4, -0.2) is 15.5 Å². The largest absolute Gasteiger partial charge is 0.418 e. The molecule has 5 nitrogen and oxygen atoms in total. The van der Waals surface area contributed by atoms with Gasteiger partial charge < -0.3 is 9.88 Å². The Balaban J connectivity index is 2.06. The molecule has 0 aliphatic rings. The van der Waals surface area contributed by atoms with E-state index in [9.17, 15) is 22.8 Å². The van der Waals surface area contributed by atoms with E-state index in [1.165, 1.54) is 22.9 Å². The Kier molecular flexibility index (Phi) is 4.98. The molecule has 0 radical (unpaired) electrons. The molecule has 2 heterocycles. The van der Waals surface area contributed by atoms with Gasteiger partial charge in [0.05, 0.1) is 23.3 Å². The first-order chi connectivity index (χ1) is 12.8. The highest BCUT2D eigenvalue weighted by Crippen LogP contribution is 2.34. The number of nitrogens with one attached hydrogen (secondary N) is 1. The van der Waals surface area contributed by atoms with Crippen LogP contribution in [0.1, 0.15) is 28.5 Å². The minimum Gasteiger partial charge on any atom is -0.346 e. The molecule has 0 bridgehead atoms. The number of carbonyl (C=O) groups excluding carboxylic acids is 1. The van der Waals surface area contributed by atoms with Gasteiger partial charge in [0.15, 0.2) is 0 Å². The summed E-state index contributed by atoms with van der Waals surface area (Å²) in [5, 5.41) is 2.44. The monoisotopic (exact) mass is 375 g/mol. The first-order valence-electron chi connectivity index (χ1n) is 8.24. The summed E-state index contributed by atoms with van der Waals surface area (Å²) in [6.07, 6.45) is -1.86. The summed E-state index contributed by atoms with van der Waals surface area (Å²) in [6.45, 7) is 1.92. The number of carbonyl (C=O) groups is 1. The van der Waals surface area contributed by atoms with Crippen LogP contribution in [0.5, 0.6) is 0 Å². The van der Waals surface area contributed by atoms with Gasteiger partial charge in [-0.05, 0) is 31.2 Å². The zero-order chi connectivity index (χ0) is 19.6. The summed E-state index contributed by atoms with van der Waals surface area (Å²) < 4.78 is 41.3. The van der Waals surface area contributed by atoms with Crippen molar-refractivity contribution >= 4 is 16.8 Å². The zero-order valence-corrected chi connectivity index (χ0v) is 14.4. The van der Waals surface area contributed by atoms with Crippen LogP contribution in [0.4, 0.5) is 13.2 Å². The van der Waals surface area contributed by atoms with Crippen LogP contribution in [0.25, 0.3) is 10.9 Å². The molecule has 2 aromatic heterocycles. The van der Waals surface area contributed by atoms with Gasteiger partial charge in [0.2, 0.25) is 5.43 Å². The van der Waals surface area contributed by atoms with Crippen molar-refractivity contribution in [2.75, 3.05) is 0 Å². The van der Waals surface area contributed by atoms with Crippen molar-refractivity contribution in [1.82, 2.24) is 14.9 Å². The van der Waals surface area contributed by atoms with E-state index in [2.05, 4.69) is 10.3 Å². The number of fused-ring (bicyclic) bond motifs is 1. The second-order valence-corrected chi connectivity index (χ2v) is 5.86. The molecule has 1 amide bonds. The molecular weight excluding hydrogens is 359 g/mol. The number of benzene rings is 1. The second kappa shape index (κ2) is 7.22. The summed E-state index contributed by atoms with van der Waals surface area (Å²) in [7, 11) is 0. The molecule has 1 N–H and O–H groups in total. The summed E-state index contributed by atoms with van der Waals surface area (Å²) in [5.74, 6) is -0.660. The van der Waals surface area contributed by atoms with Crippen molar-refractivity contribution in [3.63, 3.8) is 0 Å². The van der Waals surface area contributed by atoms with E-state index in [1.807, 2.05) is 0 Å². The number of para-hydroxylation sites is 1. The van der Waals surface area contributed by atoms with Crippen molar-refractivity contribution in [2.45, 2.75) is 26.2 Å². The lowest BCUT2D eigenvalue weighted by Gasteiger charge is -2.16. The molecule has 0 saturated carbocycles. The fourth-order valence-corrected chi connectivity index (χ4v) is 2.87. The molecule has 0 fully saturated rings. The molecule has 27 heavy (non-hydrogen) atoms. The minimum absolute atomic E-state index is 0.103. The Bertz CT molecular complexity index is 1040. The summed E-state index contributed by atoms with van der Waals surface area (Å²) in [4.78, 5) is 29.2. The highest BCUT2D eigenvalue weighted by molar-refractivity contribution is 5.97. The lowest BCUT2D eigenvalue weighted by molar-refractivity contribution is -0.136. The van der Waals surface area contributed by atoms with Crippen molar-refractivity contribution in [3.05, 3.63) is 75.8 Å². The fourth-order valence-electron chi connectivity index (χ4n) is 2.87. The number of nitrogens with zero attached hydrogens (tertiary/aromatic N) is 2. The first-order valence-corrected chi connectivity index (χ1v) is 8.24. The summed E-state index contributed by atoms with van der Waals surface area (Å²) >= 11 is 0. The lowest BCUT2D eigenvalue weighted by atomic mass is 10.1. The molecule has 0 atom stereocenters. The third-order valence-corrected chi connectivity index (χ3v) is 4.14. The SMILES string of the molecule is CCn1cc(C(=O)NCc2ccccn2)c(=O)c2cccc(C(F)(F)F)c21. The molecule has 8 heteroatoms. The van der Waals surface area contributed by atoms with Gasteiger partial charge in [0, 0.05) is 24.3 Å². The van der Waals surface area contributed by atoms with Crippen molar-refractivity contribution in [1.29, 1.82) is 0 Å². The molecule has 0 unspecified atom stereocenters. The highest BCUT2D eigenvalue weighted by atomic mass is 19.4. The maximum absolute atomic E-state index is 13.3. The van der Waals surface area contributed by atoms with Crippen molar-refractivity contribution in [3.8, 4) is 0 Å². The average Bonchev–Trinajstić information content (AvgIpc) is 2.66. The fraction of sp³-hybridized carbons (Fsp3) is 0.211. The number of pyridine rings is 2. The predicted molar refractivity (Wildman–Crippen MR) is 94.3 cm³/mol. The van der Waals surface area contributed by atoms with Crippen LogP contribution in [0, 0.1) is 0 Å². The molecule has 0 spiro atoms. The maximum atomic E-state index is 13.3. The number of hydrogen-bond acceptors (Lipinski definition) is 3. The minimum atomic E-state index is -4.61. The first kappa shape index (κ1) is 18.6. The molecule has 1 aromatic carbocycles. The Morgan fingerprint density at radius 2 is 1.96 bits per heavy atom. The number of halogens is 3. The topological polar surface area (TPSA) is 64.0 Å². The van der Waals surface area contributed by atoms with Crippen LogP contribution < -0.4 is 10.7 Å². The van der Waals surface area contributed by atoms with E-state index in [1.54, 1.807) is 31.3 Å².